The molecule has 0 bridgehead atoms. The topological polar surface area (TPSA) is 65.1 Å². The molecule has 7 heteroatoms. The number of rotatable bonds is 8. The molecule has 0 aliphatic carbocycles. The van der Waals surface area contributed by atoms with Crippen LogP contribution in [0.25, 0.3) is 0 Å². The molecule has 0 unspecified atom stereocenters. The number of nitrogens with zero attached hydrogens (tertiary/aromatic N) is 1. The third-order valence-corrected chi connectivity index (χ3v) is 6.76. The van der Waals surface area contributed by atoms with Crippen LogP contribution in [0.2, 0.25) is 0 Å². The average Bonchev–Trinajstić information content (AvgIpc) is 2.79. The van der Waals surface area contributed by atoms with Crippen LogP contribution in [0, 0.1) is 0 Å². The van der Waals surface area contributed by atoms with E-state index in [9.17, 15) is 8.42 Å². The highest BCUT2D eigenvalue weighted by molar-refractivity contribution is 7.92. The van der Waals surface area contributed by atoms with Crippen molar-refractivity contribution in [2.75, 3.05) is 25.6 Å². The van der Waals surface area contributed by atoms with Gasteiger partial charge in [0.1, 0.15) is 17.2 Å². The Labute approximate surface area is 177 Å². The Morgan fingerprint density at radius 2 is 1.43 bits per heavy atom. The standard InChI is InChI=1S/C23H25NO5S/c1-17(22-16-20(28-3)13-14-23(22)29-4)24(18-9-8-10-19(15-18)27-2)30(25,26)21-11-6-5-7-12-21/h5-17H,1-4H3/t17-/m0/s1. The van der Waals surface area contributed by atoms with Gasteiger partial charge in [0.15, 0.2) is 0 Å². The Morgan fingerprint density at radius 3 is 2.07 bits per heavy atom. The lowest BCUT2D eigenvalue weighted by molar-refractivity contribution is 0.396. The molecule has 0 aliphatic heterocycles. The maximum atomic E-state index is 13.7. The number of hydrogen-bond acceptors (Lipinski definition) is 5. The lowest BCUT2D eigenvalue weighted by Gasteiger charge is -2.32. The first-order valence-corrected chi connectivity index (χ1v) is 10.8. The number of hydrogen-bond donors (Lipinski definition) is 0. The Morgan fingerprint density at radius 1 is 0.767 bits per heavy atom. The van der Waals surface area contributed by atoms with E-state index < -0.39 is 16.1 Å². The number of sulfonamides is 1. The molecular formula is C23H25NO5S. The Hall–Kier alpha value is -3.19. The van der Waals surface area contributed by atoms with Crippen LogP contribution >= 0.6 is 0 Å². The van der Waals surface area contributed by atoms with Crippen LogP contribution in [0.4, 0.5) is 5.69 Å². The van der Waals surface area contributed by atoms with Gasteiger partial charge in [-0.05, 0) is 49.4 Å². The number of benzene rings is 3. The molecule has 1 atom stereocenters. The molecule has 0 amide bonds. The first-order chi connectivity index (χ1) is 14.4. The highest BCUT2D eigenvalue weighted by Gasteiger charge is 2.32. The van der Waals surface area contributed by atoms with Gasteiger partial charge >= 0.3 is 0 Å². The van der Waals surface area contributed by atoms with E-state index in [2.05, 4.69) is 0 Å². The van der Waals surface area contributed by atoms with Gasteiger partial charge in [-0.3, -0.25) is 4.31 Å². The fraction of sp³-hybridized carbons (Fsp3) is 0.217. The highest BCUT2D eigenvalue weighted by Crippen LogP contribution is 2.39. The van der Waals surface area contributed by atoms with Crippen molar-refractivity contribution in [2.24, 2.45) is 0 Å². The van der Waals surface area contributed by atoms with Gasteiger partial charge in [0.25, 0.3) is 10.0 Å². The van der Waals surface area contributed by atoms with Crippen molar-refractivity contribution in [3.8, 4) is 17.2 Å². The first kappa shape index (κ1) is 21.5. The normalized spacial score (nSPS) is 12.1. The van der Waals surface area contributed by atoms with Crippen molar-refractivity contribution in [1.82, 2.24) is 0 Å². The smallest absolute Gasteiger partial charge is 0.264 e. The summed E-state index contributed by atoms with van der Waals surface area (Å²) in [6.45, 7) is 1.82. The maximum absolute atomic E-state index is 13.7. The second-order valence-corrected chi connectivity index (χ2v) is 8.41. The van der Waals surface area contributed by atoms with E-state index >= 15 is 0 Å². The van der Waals surface area contributed by atoms with E-state index in [0.29, 0.717) is 28.5 Å². The fourth-order valence-corrected chi connectivity index (χ4v) is 4.97. The van der Waals surface area contributed by atoms with Gasteiger partial charge in [-0.1, -0.05) is 24.3 Å². The molecule has 30 heavy (non-hydrogen) atoms. The van der Waals surface area contributed by atoms with Gasteiger partial charge in [0.05, 0.1) is 38.0 Å². The lowest BCUT2D eigenvalue weighted by atomic mass is 10.1. The zero-order valence-electron chi connectivity index (χ0n) is 17.4. The van der Waals surface area contributed by atoms with Gasteiger partial charge < -0.3 is 14.2 Å². The predicted octanol–water partition coefficient (Wildman–Crippen LogP) is 4.67. The summed E-state index contributed by atoms with van der Waals surface area (Å²) < 4.78 is 45.0. The van der Waals surface area contributed by atoms with Crippen LogP contribution in [-0.2, 0) is 10.0 Å². The summed E-state index contributed by atoms with van der Waals surface area (Å²) in [5.74, 6) is 1.74. The summed E-state index contributed by atoms with van der Waals surface area (Å²) in [6.07, 6.45) is 0. The summed E-state index contributed by atoms with van der Waals surface area (Å²) in [4.78, 5) is 0.196. The van der Waals surface area contributed by atoms with E-state index in [1.54, 1.807) is 94.1 Å². The van der Waals surface area contributed by atoms with Crippen molar-refractivity contribution >= 4 is 15.7 Å². The minimum Gasteiger partial charge on any atom is -0.497 e. The van der Waals surface area contributed by atoms with Gasteiger partial charge in [-0.2, -0.15) is 0 Å². The van der Waals surface area contributed by atoms with Crippen molar-refractivity contribution < 1.29 is 22.6 Å². The van der Waals surface area contributed by atoms with Crippen molar-refractivity contribution in [3.63, 3.8) is 0 Å². The third-order valence-electron chi connectivity index (χ3n) is 4.85. The number of anilines is 1. The Kier molecular flexibility index (Phi) is 6.52. The Bertz CT molecular complexity index is 1100. The zero-order valence-corrected chi connectivity index (χ0v) is 18.2. The summed E-state index contributed by atoms with van der Waals surface area (Å²) in [5.41, 5.74) is 1.16. The van der Waals surface area contributed by atoms with Crippen LogP contribution in [-0.4, -0.2) is 29.7 Å². The summed E-state index contributed by atoms with van der Waals surface area (Å²) in [5, 5.41) is 0. The first-order valence-electron chi connectivity index (χ1n) is 9.38. The van der Waals surface area contributed by atoms with E-state index in [1.165, 1.54) is 4.31 Å². The summed E-state index contributed by atoms with van der Waals surface area (Å²) >= 11 is 0. The van der Waals surface area contributed by atoms with E-state index in [0.717, 1.165) is 0 Å². The van der Waals surface area contributed by atoms with Crippen LogP contribution in [0.5, 0.6) is 17.2 Å². The van der Waals surface area contributed by atoms with E-state index in [1.807, 2.05) is 6.92 Å². The summed E-state index contributed by atoms with van der Waals surface area (Å²) in [7, 11) is 0.777. The fourth-order valence-electron chi connectivity index (χ4n) is 3.32. The molecule has 0 radical (unpaired) electrons. The monoisotopic (exact) mass is 427 g/mol. The SMILES string of the molecule is COc1cccc(N([C@@H](C)c2cc(OC)ccc2OC)S(=O)(=O)c2ccccc2)c1. The lowest BCUT2D eigenvalue weighted by Crippen LogP contribution is -2.34. The molecule has 6 nitrogen and oxygen atoms in total. The van der Waals surface area contributed by atoms with Gasteiger partial charge in [0.2, 0.25) is 0 Å². The minimum absolute atomic E-state index is 0.196. The van der Waals surface area contributed by atoms with E-state index in [4.69, 9.17) is 14.2 Å². The summed E-state index contributed by atoms with van der Waals surface area (Å²) in [6, 6.07) is 20.1. The molecule has 3 rings (SSSR count). The molecule has 0 spiro atoms. The largest absolute Gasteiger partial charge is 0.497 e. The molecule has 3 aromatic rings. The molecule has 0 saturated heterocycles. The molecule has 0 heterocycles. The number of ether oxygens (including phenoxy) is 3. The van der Waals surface area contributed by atoms with Crippen molar-refractivity contribution in [3.05, 3.63) is 78.4 Å². The maximum Gasteiger partial charge on any atom is 0.264 e. The molecule has 0 aliphatic rings. The minimum atomic E-state index is -3.89. The molecular weight excluding hydrogens is 402 g/mol. The van der Waals surface area contributed by atoms with Crippen LogP contribution in [0.3, 0.4) is 0 Å². The predicted molar refractivity (Wildman–Crippen MR) is 117 cm³/mol. The molecule has 0 aromatic heterocycles. The quantitative estimate of drug-likeness (QED) is 0.523. The van der Waals surface area contributed by atoms with Crippen molar-refractivity contribution in [1.29, 1.82) is 0 Å². The van der Waals surface area contributed by atoms with Crippen LogP contribution in [0.15, 0.2) is 77.7 Å². The van der Waals surface area contributed by atoms with Gasteiger partial charge in [0, 0.05) is 11.6 Å². The Balaban J connectivity index is 2.22. The third kappa shape index (κ3) is 4.21. The number of methoxy groups -OCH3 is 3. The molecule has 158 valence electrons. The second kappa shape index (κ2) is 9.09. The van der Waals surface area contributed by atoms with E-state index in [-0.39, 0.29) is 4.90 Å². The zero-order chi connectivity index (χ0) is 21.7. The van der Waals surface area contributed by atoms with Crippen molar-refractivity contribution in [2.45, 2.75) is 17.9 Å². The van der Waals surface area contributed by atoms with Crippen LogP contribution in [0.1, 0.15) is 18.5 Å². The molecule has 0 saturated carbocycles. The molecule has 0 fully saturated rings. The second-order valence-electron chi connectivity index (χ2n) is 6.60. The average molecular weight is 428 g/mol. The highest BCUT2D eigenvalue weighted by atomic mass is 32.2. The molecule has 3 aromatic carbocycles. The molecule has 0 N–H and O–H groups in total. The van der Waals surface area contributed by atoms with Crippen LogP contribution < -0.4 is 18.5 Å². The van der Waals surface area contributed by atoms with Gasteiger partial charge in [-0.15, -0.1) is 0 Å². The van der Waals surface area contributed by atoms with Gasteiger partial charge in [-0.25, -0.2) is 8.42 Å².